The summed E-state index contributed by atoms with van der Waals surface area (Å²) in [7, 11) is -2.84. The van der Waals surface area contributed by atoms with Gasteiger partial charge >= 0.3 is 0 Å². The van der Waals surface area contributed by atoms with Crippen molar-refractivity contribution in [3.8, 4) is 0 Å². The fraction of sp³-hybridized carbons (Fsp3) is 0.588. The summed E-state index contributed by atoms with van der Waals surface area (Å²) in [6.07, 6.45) is 0. The fourth-order valence-electron chi connectivity index (χ4n) is 2.73. The van der Waals surface area contributed by atoms with Gasteiger partial charge in [-0.05, 0) is 31.5 Å². The third-order valence-electron chi connectivity index (χ3n) is 4.25. The lowest BCUT2D eigenvalue weighted by atomic mass is 10.1. The molecular weight excluding hydrogens is 522 g/mol. The molecule has 1 saturated heterocycles. The number of halogens is 3. The van der Waals surface area contributed by atoms with Crippen LogP contribution in [0.5, 0.6) is 0 Å². The minimum atomic E-state index is -2.84. The van der Waals surface area contributed by atoms with Crippen molar-refractivity contribution in [2.24, 2.45) is 4.99 Å². The van der Waals surface area contributed by atoms with Crippen LogP contribution in [0.4, 0.5) is 0 Å². The molecule has 1 heterocycles. The van der Waals surface area contributed by atoms with E-state index in [4.69, 9.17) is 23.2 Å². The summed E-state index contributed by atoms with van der Waals surface area (Å²) < 4.78 is 22.9. The minimum absolute atomic E-state index is 0. The quantitative estimate of drug-likeness (QED) is 0.325. The molecule has 6 nitrogen and oxygen atoms in total. The second-order valence-electron chi connectivity index (χ2n) is 6.29. The predicted molar refractivity (Wildman–Crippen MR) is 125 cm³/mol. The largest absolute Gasteiger partial charge is 0.357 e. The van der Waals surface area contributed by atoms with Gasteiger partial charge < -0.3 is 10.6 Å². The van der Waals surface area contributed by atoms with Crippen LogP contribution >= 0.6 is 47.2 Å². The molecule has 1 aliphatic rings. The van der Waals surface area contributed by atoms with E-state index < -0.39 is 9.84 Å². The van der Waals surface area contributed by atoms with Crippen molar-refractivity contribution in [2.45, 2.75) is 19.9 Å². The van der Waals surface area contributed by atoms with Gasteiger partial charge in [0.1, 0.15) is 0 Å². The van der Waals surface area contributed by atoms with Crippen molar-refractivity contribution in [3.05, 3.63) is 33.8 Å². The molecule has 2 rings (SSSR count). The summed E-state index contributed by atoms with van der Waals surface area (Å²) in [5, 5.41) is 7.78. The fourth-order valence-corrected chi connectivity index (χ4v) is 4.58. The average molecular weight is 549 g/mol. The molecule has 1 aliphatic heterocycles. The van der Waals surface area contributed by atoms with Crippen LogP contribution in [0.3, 0.4) is 0 Å². The third-order valence-corrected chi connectivity index (χ3v) is 6.42. The summed E-state index contributed by atoms with van der Waals surface area (Å²) in [5.74, 6) is 1.18. The van der Waals surface area contributed by atoms with Gasteiger partial charge in [0, 0.05) is 36.2 Å². The number of aliphatic imine (C=N–C) groups is 1. The van der Waals surface area contributed by atoms with E-state index >= 15 is 0 Å². The maximum Gasteiger partial charge on any atom is 0.191 e. The molecule has 1 aromatic carbocycles. The van der Waals surface area contributed by atoms with Crippen molar-refractivity contribution in [1.82, 2.24) is 15.5 Å². The van der Waals surface area contributed by atoms with Crippen LogP contribution in [0.15, 0.2) is 23.2 Å². The summed E-state index contributed by atoms with van der Waals surface area (Å²) >= 11 is 12.2. The zero-order valence-corrected chi connectivity index (χ0v) is 20.2. The summed E-state index contributed by atoms with van der Waals surface area (Å²) in [5.41, 5.74) is 0.947. The minimum Gasteiger partial charge on any atom is -0.357 e. The number of nitrogens with zero attached hydrogens (tertiary/aromatic N) is 2. The first-order valence-electron chi connectivity index (χ1n) is 8.73. The highest BCUT2D eigenvalue weighted by Crippen LogP contribution is 2.25. The Morgan fingerprint density at radius 1 is 1.30 bits per heavy atom. The number of nitrogens with one attached hydrogen (secondary N) is 2. The van der Waals surface area contributed by atoms with Crippen LogP contribution in [0, 0.1) is 0 Å². The average Bonchev–Trinajstić information content (AvgIpc) is 2.56. The maximum atomic E-state index is 11.5. The molecule has 1 unspecified atom stereocenters. The molecule has 0 amide bonds. The second-order valence-corrected chi connectivity index (χ2v) is 9.43. The van der Waals surface area contributed by atoms with Crippen LogP contribution in [-0.4, -0.2) is 63.5 Å². The molecule has 0 bridgehead atoms. The first-order valence-corrected chi connectivity index (χ1v) is 11.3. The second kappa shape index (κ2) is 11.6. The zero-order valence-electron chi connectivity index (χ0n) is 15.5. The molecule has 0 spiro atoms. The van der Waals surface area contributed by atoms with Gasteiger partial charge in [0.15, 0.2) is 15.8 Å². The van der Waals surface area contributed by atoms with Gasteiger partial charge in [-0.1, -0.05) is 29.3 Å². The lowest BCUT2D eigenvalue weighted by molar-refractivity contribution is 0.304. The molecule has 1 fully saturated rings. The maximum absolute atomic E-state index is 11.5. The van der Waals surface area contributed by atoms with Crippen LogP contribution in [0.1, 0.15) is 25.5 Å². The Kier molecular flexibility index (Phi) is 10.7. The molecule has 0 radical (unpaired) electrons. The third kappa shape index (κ3) is 8.31. The van der Waals surface area contributed by atoms with Crippen LogP contribution in [0.2, 0.25) is 10.0 Å². The van der Waals surface area contributed by atoms with Gasteiger partial charge in [0.05, 0.1) is 24.1 Å². The van der Waals surface area contributed by atoms with Crippen molar-refractivity contribution >= 4 is 63.0 Å². The van der Waals surface area contributed by atoms with Crippen LogP contribution in [-0.2, 0) is 9.84 Å². The van der Waals surface area contributed by atoms with Crippen molar-refractivity contribution in [2.75, 3.05) is 44.2 Å². The number of guanidine groups is 1. The molecule has 1 aromatic rings. The van der Waals surface area contributed by atoms with E-state index in [9.17, 15) is 8.42 Å². The number of hydrogen-bond donors (Lipinski definition) is 2. The van der Waals surface area contributed by atoms with Gasteiger partial charge in [-0.15, -0.1) is 24.0 Å². The summed E-state index contributed by atoms with van der Waals surface area (Å²) in [4.78, 5) is 6.72. The van der Waals surface area contributed by atoms with Gasteiger partial charge in [-0.3, -0.25) is 9.89 Å². The van der Waals surface area contributed by atoms with Crippen molar-refractivity contribution < 1.29 is 8.42 Å². The van der Waals surface area contributed by atoms with Gasteiger partial charge in [0.2, 0.25) is 0 Å². The number of benzene rings is 1. The van der Waals surface area contributed by atoms with Crippen molar-refractivity contribution in [1.29, 1.82) is 0 Å². The van der Waals surface area contributed by atoms with E-state index in [1.165, 1.54) is 0 Å². The van der Waals surface area contributed by atoms with Crippen molar-refractivity contribution in [3.63, 3.8) is 0 Å². The molecule has 0 aliphatic carbocycles. The highest BCUT2D eigenvalue weighted by Gasteiger charge is 2.21. The Bertz CT molecular complexity index is 732. The Morgan fingerprint density at radius 3 is 2.56 bits per heavy atom. The van der Waals surface area contributed by atoms with E-state index in [0.717, 1.165) is 18.7 Å². The van der Waals surface area contributed by atoms with Gasteiger partial charge in [0.25, 0.3) is 0 Å². The van der Waals surface area contributed by atoms with E-state index in [-0.39, 0.29) is 41.5 Å². The number of sulfone groups is 1. The van der Waals surface area contributed by atoms with E-state index in [2.05, 4.69) is 20.5 Å². The summed E-state index contributed by atoms with van der Waals surface area (Å²) in [6.45, 7) is 7.26. The Hall–Kier alpha value is -0.290. The Labute approximate surface area is 189 Å². The topological polar surface area (TPSA) is 73.8 Å². The molecule has 2 N–H and O–H groups in total. The normalized spacial score (nSPS) is 18.4. The summed E-state index contributed by atoms with van der Waals surface area (Å²) in [6, 6.07) is 5.42. The first kappa shape index (κ1) is 24.7. The van der Waals surface area contributed by atoms with Crippen LogP contribution < -0.4 is 10.6 Å². The number of hydrogen-bond acceptors (Lipinski definition) is 4. The smallest absolute Gasteiger partial charge is 0.191 e. The zero-order chi connectivity index (χ0) is 19.2. The molecular formula is C17H27Cl2IN4O2S. The molecule has 1 atom stereocenters. The van der Waals surface area contributed by atoms with E-state index in [1.54, 1.807) is 6.07 Å². The van der Waals surface area contributed by atoms with Gasteiger partial charge in [-0.25, -0.2) is 8.42 Å². The van der Waals surface area contributed by atoms with E-state index in [1.807, 2.05) is 26.0 Å². The van der Waals surface area contributed by atoms with Crippen LogP contribution in [0.25, 0.3) is 0 Å². The van der Waals surface area contributed by atoms with Gasteiger partial charge in [-0.2, -0.15) is 0 Å². The molecule has 0 aromatic heterocycles. The number of rotatable bonds is 6. The van der Waals surface area contributed by atoms with E-state index in [0.29, 0.717) is 35.6 Å². The SMILES string of the molecule is CCNC(=NCCN1CCS(=O)(=O)CC1)NC(C)c1ccc(Cl)cc1Cl.I. The lowest BCUT2D eigenvalue weighted by Crippen LogP contribution is -2.42. The molecule has 0 saturated carbocycles. The standard InChI is InChI=1S/C17H26Cl2N4O2S.HI/c1-3-20-17(21-6-7-23-8-10-26(24,25)11-9-23)22-13(2)15-5-4-14(18)12-16(15)19;/h4-5,12-13H,3,6-11H2,1-2H3,(H2,20,21,22);1H. The Morgan fingerprint density at radius 2 is 1.96 bits per heavy atom. The molecule has 10 heteroatoms. The monoisotopic (exact) mass is 548 g/mol. The highest BCUT2D eigenvalue weighted by atomic mass is 127. The lowest BCUT2D eigenvalue weighted by Gasteiger charge is -2.26. The molecule has 27 heavy (non-hydrogen) atoms. The first-order chi connectivity index (χ1) is 12.3. The predicted octanol–water partition coefficient (Wildman–Crippen LogP) is 2.96. The molecule has 154 valence electrons. The highest BCUT2D eigenvalue weighted by molar-refractivity contribution is 14.0. The Balaban J connectivity index is 0.00000364.